The number of halogens is 2. The minimum atomic E-state index is -0.315. The van der Waals surface area contributed by atoms with Crippen LogP contribution in [0.4, 0.5) is 8.78 Å². The Hall–Kier alpha value is -3.84. The average molecular weight is 526 g/mol. The summed E-state index contributed by atoms with van der Waals surface area (Å²) in [5, 5.41) is 7.52. The van der Waals surface area contributed by atoms with Crippen molar-refractivity contribution in [2.45, 2.75) is 30.2 Å². The Morgan fingerprint density at radius 1 is 0.974 bits per heavy atom. The highest BCUT2D eigenvalue weighted by Crippen LogP contribution is 2.45. The number of rotatable bonds is 5. The third-order valence-corrected chi connectivity index (χ3v) is 8.16. The van der Waals surface area contributed by atoms with E-state index in [-0.39, 0.29) is 35.3 Å². The van der Waals surface area contributed by atoms with E-state index < -0.39 is 0 Å². The molecule has 7 heteroatoms. The van der Waals surface area contributed by atoms with Crippen molar-refractivity contribution in [1.29, 1.82) is 0 Å². The molecule has 190 valence electrons. The van der Waals surface area contributed by atoms with Crippen molar-refractivity contribution in [3.8, 4) is 0 Å². The Labute approximate surface area is 224 Å². The zero-order chi connectivity index (χ0) is 26.1. The van der Waals surface area contributed by atoms with Gasteiger partial charge in [0, 0.05) is 22.4 Å². The summed E-state index contributed by atoms with van der Waals surface area (Å²) in [7, 11) is 0. The molecule has 3 aromatic carbocycles. The first-order chi connectivity index (χ1) is 18.6. The third-order valence-electron chi connectivity index (χ3n) is 7.13. The van der Waals surface area contributed by atoms with Crippen molar-refractivity contribution in [2.75, 3.05) is 5.75 Å². The number of amides is 1. The maximum atomic E-state index is 13.8. The van der Waals surface area contributed by atoms with Crippen molar-refractivity contribution in [1.82, 2.24) is 9.99 Å². The van der Waals surface area contributed by atoms with E-state index in [9.17, 15) is 13.6 Å². The molecular weight excluding hydrogens is 500 g/mol. The minimum Gasteiger partial charge on any atom is -0.272 e. The number of nitrogens with zero attached hydrogens (tertiary/aromatic N) is 3. The van der Waals surface area contributed by atoms with Crippen LogP contribution in [0.5, 0.6) is 0 Å². The molecular formula is C31H25F2N3OS. The SMILES string of the molecule is O=C(CSc1cccc2cccnc12)N1N=C2C(=Cc3ccc(F)cc3)CCCC2C1c1ccc(F)cc1. The molecule has 1 aliphatic heterocycles. The molecule has 0 radical (unpaired) electrons. The average Bonchev–Trinajstić information content (AvgIpc) is 3.34. The number of carbonyl (C=O) groups is 1. The van der Waals surface area contributed by atoms with Gasteiger partial charge in [0.15, 0.2) is 0 Å². The monoisotopic (exact) mass is 525 g/mol. The molecule has 4 nitrogen and oxygen atoms in total. The molecule has 1 fully saturated rings. The van der Waals surface area contributed by atoms with E-state index in [0.29, 0.717) is 0 Å². The van der Waals surface area contributed by atoms with Crippen LogP contribution in [0.25, 0.3) is 17.0 Å². The maximum absolute atomic E-state index is 13.8. The second kappa shape index (κ2) is 10.5. The molecule has 2 atom stereocenters. The predicted molar refractivity (Wildman–Crippen MR) is 148 cm³/mol. The highest BCUT2D eigenvalue weighted by atomic mass is 32.2. The van der Waals surface area contributed by atoms with Crippen molar-refractivity contribution in [3.63, 3.8) is 0 Å². The quantitative estimate of drug-likeness (QED) is 0.255. The minimum absolute atomic E-state index is 0.00841. The van der Waals surface area contributed by atoms with Gasteiger partial charge in [0.1, 0.15) is 11.6 Å². The molecule has 4 aromatic rings. The molecule has 1 aliphatic carbocycles. The second-order valence-corrected chi connectivity index (χ2v) is 10.6. The molecule has 0 bridgehead atoms. The maximum Gasteiger partial charge on any atom is 0.253 e. The van der Waals surface area contributed by atoms with Gasteiger partial charge in [0.2, 0.25) is 0 Å². The van der Waals surface area contributed by atoms with Gasteiger partial charge in [0.05, 0.1) is 23.0 Å². The molecule has 2 heterocycles. The lowest BCUT2D eigenvalue weighted by molar-refractivity contribution is -0.130. The van der Waals surface area contributed by atoms with Gasteiger partial charge in [-0.2, -0.15) is 5.10 Å². The molecule has 0 saturated heterocycles. The number of para-hydroxylation sites is 1. The summed E-state index contributed by atoms with van der Waals surface area (Å²) in [6.07, 6.45) is 6.46. The Balaban J connectivity index is 1.32. The van der Waals surface area contributed by atoms with Crippen molar-refractivity contribution in [3.05, 3.63) is 113 Å². The summed E-state index contributed by atoms with van der Waals surface area (Å²) < 4.78 is 27.2. The number of fused-ring (bicyclic) bond motifs is 2. The summed E-state index contributed by atoms with van der Waals surface area (Å²) in [6, 6.07) is 22.3. The number of hydrogen-bond donors (Lipinski definition) is 0. The van der Waals surface area contributed by atoms with Crippen LogP contribution in [-0.2, 0) is 4.79 Å². The first-order valence-electron chi connectivity index (χ1n) is 12.7. The van der Waals surface area contributed by atoms with Crippen LogP contribution >= 0.6 is 11.8 Å². The van der Waals surface area contributed by atoms with E-state index in [0.717, 1.165) is 57.5 Å². The Morgan fingerprint density at radius 2 is 1.71 bits per heavy atom. The van der Waals surface area contributed by atoms with Crippen LogP contribution in [0.2, 0.25) is 0 Å². The molecule has 2 aliphatic rings. The summed E-state index contributed by atoms with van der Waals surface area (Å²) in [5.74, 6) is -0.493. The van der Waals surface area contributed by atoms with Gasteiger partial charge in [-0.25, -0.2) is 13.8 Å². The van der Waals surface area contributed by atoms with E-state index in [1.54, 1.807) is 35.5 Å². The number of thioether (sulfide) groups is 1. The fraction of sp³-hybridized carbons (Fsp3) is 0.194. The largest absolute Gasteiger partial charge is 0.272 e. The lowest BCUT2D eigenvalue weighted by atomic mass is 9.77. The molecule has 38 heavy (non-hydrogen) atoms. The highest BCUT2D eigenvalue weighted by Gasteiger charge is 2.43. The summed E-state index contributed by atoms with van der Waals surface area (Å²) in [5.41, 5.74) is 4.57. The first kappa shape index (κ1) is 24.5. The number of benzene rings is 3. The summed E-state index contributed by atoms with van der Waals surface area (Å²) >= 11 is 1.45. The van der Waals surface area contributed by atoms with Gasteiger partial charge in [-0.15, -0.1) is 11.8 Å². The third kappa shape index (κ3) is 4.86. The Kier molecular flexibility index (Phi) is 6.77. The van der Waals surface area contributed by atoms with Gasteiger partial charge >= 0.3 is 0 Å². The van der Waals surface area contributed by atoms with E-state index in [4.69, 9.17) is 5.10 Å². The Bertz CT molecular complexity index is 1540. The molecule has 1 amide bonds. The molecule has 1 saturated carbocycles. The van der Waals surface area contributed by atoms with E-state index >= 15 is 0 Å². The topological polar surface area (TPSA) is 45.6 Å². The number of carbonyl (C=O) groups excluding carboxylic acids is 1. The number of allylic oxidation sites excluding steroid dienone is 1. The van der Waals surface area contributed by atoms with E-state index in [1.165, 1.54) is 36.0 Å². The predicted octanol–water partition coefficient (Wildman–Crippen LogP) is 7.43. The van der Waals surface area contributed by atoms with Crippen molar-refractivity contribution in [2.24, 2.45) is 11.0 Å². The lowest BCUT2D eigenvalue weighted by Gasteiger charge is -2.29. The first-order valence-corrected chi connectivity index (χ1v) is 13.6. The smallest absolute Gasteiger partial charge is 0.253 e. The summed E-state index contributed by atoms with van der Waals surface area (Å²) in [4.78, 5) is 19.1. The lowest BCUT2D eigenvalue weighted by Crippen LogP contribution is -2.32. The molecule has 0 spiro atoms. The zero-order valence-electron chi connectivity index (χ0n) is 20.6. The number of pyridine rings is 1. The van der Waals surface area contributed by atoms with Crippen molar-refractivity contribution >= 4 is 40.4 Å². The summed E-state index contributed by atoms with van der Waals surface area (Å²) in [6.45, 7) is 0. The van der Waals surface area contributed by atoms with Gasteiger partial charge in [0.25, 0.3) is 5.91 Å². The highest BCUT2D eigenvalue weighted by molar-refractivity contribution is 8.00. The van der Waals surface area contributed by atoms with E-state index in [2.05, 4.69) is 4.98 Å². The zero-order valence-corrected chi connectivity index (χ0v) is 21.4. The standard InChI is InChI=1S/C31H25F2N3OS/c32-24-13-9-20(10-14-24)18-23-5-1-7-26-29(23)35-36(31(26)22-11-15-25(33)16-12-22)28(37)19-38-27-8-2-4-21-6-3-17-34-30(21)27/h2-4,6,8-18,26,31H,1,5,7,19H2. The van der Waals surface area contributed by atoms with Crippen LogP contribution in [0.15, 0.2) is 101 Å². The van der Waals surface area contributed by atoms with Gasteiger partial charge in [-0.1, -0.05) is 42.5 Å². The van der Waals surface area contributed by atoms with Crippen LogP contribution in [-0.4, -0.2) is 27.4 Å². The molecule has 1 aromatic heterocycles. The number of hydrazone groups is 1. The van der Waals surface area contributed by atoms with Crippen LogP contribution in [0.1, 0.15) is 36.4 Å². The molecule has 2 unspecified atom stereocenters. The molecule has 6 rings (SSSR count). The number of aromatic nitrogens is 1. The van der Waals surface area contributed by atoms with Crippen molar-refractivity contribution < 1.29 is 13.6 Å². The van der Waals surface area contributed by atoms with E-state index in [1.807, 2.05) is 36.4 Å². The normalized spacial score (nSPS) is 20.0. The van der Waals surface area contributed by atoms with Gasteiger partial charge in [-0.05, 0) is 78.4 Å². The fourth-order valence-corrected chi connectivity index (χ4v) is 6.25. The Morgan fingerprint density at radius 3 is 2.50 bits per heavy atom. The van der Waals surface area contributed by atoms with Gasteiger partial charge in [-0.3, -0.25) is 9.78 Å². The fourth-order valence-electron chi connectivity index (χ4n) is 5.36. The second-order valence-electron chi connectivity index (χ2n) is 9.56. The molecule has 0 N–H and O–H groups in total. The van der Waals surface area contributed by atoms with Gasteiger partial charge < -0.3 is 0 Å². The number of hydrogen-bond acceptors (Lipinski definition) is 4. The van der Waals surface area contributed by atoms with Crippen LogP contribution in [0, 0.1) is 17.6 Å². The van der Waals surface area contributed by atoms with Crippen LogP contribution in [0.3, 0.4) is 0 Å². The van der Waals surface area contributed by atoms with Crippen LogP contribution < -0.4 is 0 Å².